The van der Waals surface area contributed by atoms with Gasteiger partial charge < -0.3 is 4.90 Å². The highest BCUT2D eigenvalue weighted by atomic mass is 32.2. The first-order valence-corrected chi connectivity index (χ1v) is 7.37. The van der Waals surface area contributed by atoms with Crippen LogP contribution in [0, 0.1) is 0 Å². The summed E-state index contributed by atoms with van der Waals surface area (Å²) in [5.41, 5.74) is 1.00. The molecule has 0 unspecified atom stereocenters. The van der Waals surface area contributed by atoms with Crippen LogP contribution in [0.15, 0.2) is 46.9 Å². The SMILES string of the molecule is CN1CCC=C(CS(=O)(=O)c2ccccc2)C1. The Morgan fingerprint density at radius 2 is 1.94 bits per heavy atom. The molecule has 92 valence electrons. The fourth-order valence-corrected chi connectivity index (χ4v) is 3.47. The minimum absolute atomic E-state index is 0.140. The van der Waals surface area contributed by atoms with Crippen molar-refractivity contribution < 1.29 is 8.42 Å². The van der Waals surface area contributed by atoms with Gasteiger partial charge >= 0.3 is 0 Å². The van der Waals surface area contributed by atoms with Crippen LogP contribution in [0.25, 0.3) is 0 Å². The second-order valence-corrected chi connectivity index (χ2v) is 6.45. The Morgan fingerprint density at radius 3 is 2.59 bits per heavy atom. The molecule has 1 aliphatic heterocycles. The molecule has 1 aromatic carbocycles. The zero-order valence-corrected chi connectivity index (χ0v) is 10.8. The van der Waals surface area contributed by atoms with E-state index in [2.05, 4.69) is 11.0 Å². The number of sulfone groups is 1. The quantitative estimate of drug-likeness (QED) is 0.768. The highest BCUT2D eigenvalue weighted by molar-refractivity contribution is 7.91. The Morgan fingerprint density at radius 1 is 1.24 bits per heavy atom. The van der Waals surface area contributed by atoms with Gasteiger partial charge in [-0.25, -0.2) is 8.42 Å². The average molecular weight is 251 g/mol. The highest BCUT2D eigenvalue weighted by Gasteiger charge is 2.18. The predicted molar refractivity (Wildman–Crippen MR) is 68.7 cm³/mol. The Labute approximate surface area is 103 Å². The average Bonchev–Trinajstić information content (AvgIpc) is 2.29. The molecule has 0 fully saturated rings. The largest absolute Gasteiger partial charge is 0.302 e. The van der Waals surface area contributed by atoms with Crippen LogP contribution in [0.3, 0.4) is 0 Å². The van der Waals surface area contributed by atoms with Gasteiger partial charge in [0.05, 0.1) is 10.6 Å². The molecule has 0 saturated heterocycles. The molecule has 1 aliphatic rings. The molecule has 4 heteroatoms. The van der Waals surface area contributed by atoms with Crippen LogP contribution in [0.1, 0.15) is 6.42 Å². The normalized spacial score (nSPS) is 17.8. The molecular weight excluding hydrogens is 234 g/mol. The van der Waals surface area contributed by atoms with Crippen molar-refractivity contribution in [3.63, 3.8) is 0 Å². The van der Waals surface area contributed by atoms with Crippen LogP contribution < -0.4 is 0 Å². The van der Waals surface area contributed by atoms with E-state index < -0.39 is 9.84 Å². The van der Waals surface area contributed by atoms with Crippen molar-refractivity contribution in [2.24, 2.45) is 0 Å². The van der Waals surface area contributed by atoms with Crippen molar-refractivity contribution in [1.29, 1.82) is 0 Å². The van der Waals surface area contributed by atoms with Crippen LogP contribution in [-0.4, -0.2) is 39.2 Å². The number of likely N-dealkylation sites (N-methyl/N-ethyl adjacent to an activating group) is 1. The zero-order chi connectivity index (χ0) is 12.3. The van der Waals surface area contributed by atoms with E-state index in [1.807, 2.05) is 13.1 Å². The van der Waals surface area contributed by atoms with E-state index in [0.29, 0.717) is 4.90 Å². The van der Waals surface area contributed by atoms with Gasteiger partial charge in [-0.1, -0.05) is 24.3 Å². The first-order chi connectivity index (χ1) is 8.08. The number of rotatable bonds is 3. The maximum absolute atomic E-state index is 12.1. The van der Waals surface area contributed by atoms with Gasteiger partial charge in [0.25, 0.3) is 0 Å². The fourth-order valence-electron chi connectivity index (χ4n) is 2.04. The van der Waals surface area contributed by atoms with Crippen molar-refractivity contribution in [1.82, 2.24) is 4.90 Å². The van der Waals surface area contributed by atoms with E-state index in [1.54, 1.807) is 24.3 Å². The fraction of sp³-hybridized carbons (Fsp3) is 0.385. The van der Waals surface area contributed by atoms with Gasteiger partial charge in [-0.3, -0.25) is 0 Å². The van der Waals surface area contributed by atoms with E-state index in [4.69, 9.17) is 0 Å². The van der Waals surface area contributed by atoms with Crippen LogP contribution in [0.2, 0.25) is 0 Å². The van der Waals surface area contributed by atoms with Crippen LogP contribution in [0.4, 0.5) is 0 Å². The van der Waals surface area contributed by atoms with Crippen LogP contribution in [0.5, 0.6) is 0 Å². The Bertz CT molecular complexity index is 505. The molecule has 0 N–H and O–H groups in total. The predicted octanol–water partition coefficient (Wildman–Crippen LogP) is 1.72. The van der Waals surface area contributed by atoms with E-state index >= 15 is 0 Å². The summed E-state index contributed by atoms with van der Waals surface area (Å²) in [6.07, 6.45) is 3.00. The molecule has 0 bridgehead atoms. The molecule has 0 aromatic heterocycles. The summed E-state index contributed by atoms with van der Waals surface area (Å²) < 4.78 is 24.3. The first kappa shape index (κ1) is 12.3. The summed E-state index contributed by atoms with van der Waals surface area (Å²) in [5.74, 6) is 0.140. The maximum atomic E-state index is 12.1. The van der Waals surface area contributed by atoms with Gasteiger partial charge in [0.2, 0.25) is 0 Å². The smallest absolute Gasteiger partial charge is 0.182 e. The van der Waals surface area contributed by atoms with Crippen LogP contribution in [-0.2, 0) is 9.84 Å². The second-order valence-electron chi connectivity index (χ2n) is 4.46. The topological polar surface area (TPSA) is 37.4 Å². The number of hydrogen-bond acceptors (Lipinski definition) is 3. The Kier molecular flexibility index (Phi) is 3.64. The van der Waals surface area contributed by atoms with Gasteiger partial charge in [0.1, 0.15) is 0 Å². The molecule has 17 heavy (non-hydrogen) atoms. The lowest BCUT2D eigenvalue weighted by atomic mass is 10.1. The molecule has 1 heterocycles. The first-order valence-electron chi connectivity index (χ1n) is 5.72. The van der Waals surface area contributed by atoms with E-state index in [9.17, 15) is 8.42 Å². The summed E-state index contributed by atoms with van der Waals surface area (Å²) in [7, 11) is -1.16. The van der Waals surface area contributed by atoms with E-state index in [-0.39, 0.29) is 5.75 Å². The molecule has 0 saturated carbocycles. The number of hydrogen-bond donors (Lipinski definition) is 0. The monoisotopic (exact) mass is 251 g/mol. The second kappa shape index (κ2) is 5.02. The lowest BCUT2D eigenvalue weighted by Crippen LogP contribution is -2.28. The molecule has 0 radical (unpaired) electrons. The van der Waals surface area contributed by atoms with Crippen molar-refractivity contribution in [2.45, 2.75) is 11.3 Å². The molecule has 1 aromatic rings. The lowest BCUT2D eigenvalue weighted by Gasteiger charge is -2.22. The third-order valence-corrected chi connectivity index (χ3v) is 4.64. The van der Waals surface area contributed by atoms with Crippen molar-refractivity contribution in [3.05, 3.63) is 42.0 Å². The third-order valence-electron chi connectivity index (χ3n) is 2.89. The Hall–Kier alpha value is -1.13. The van der Waals surface area contributed by atoms with E-state index in [1.165, 1.54) is 0 Å². The van der Waals surface area contributed by atoms with Crippen molar-refractivity contribution >= 4 is 9.84 Å². The molecule has 0 aliphatic carbocycles. The van der Waals surface area contributed by atoms with E-state index in [0.717, 1.165) is 25.1 Å². The minimum Gasteiger partial charge on any atom is -0.302 e. The summed E-state index contributed by atoms with van der Waals surface area (Å²) in [6.45, 7) is 1.76. The summed E-state index contributed by atoms with van der Waals surface area (Å²) >= 11 is 0. The third kappa shape index (κ3) is 3.17. The number of nitrogens with zero attached hydrogens (tertiary/aromatic N) is 1. The van der Waals surface area contributed by atoms with Gasteiger partial charge in [-0.2, -0.15) is 0 Å². The molecule has 0 atom stereocenters. The zero-order valence-electron chi connectivity index (χ0n) is 9.96. The van der Waals surface area contributed by atoms with Gasteiger partial charge in [0, 0.05) is 13.1 Å². The molecule has 0 spiro atoms. The molecule has 0 amide bonds. The number of benzene rings is 1. The summed E-state index contributed by atoms with van der Waals surface area (Å²) in [6, 6.07) is 8.65. The van der Waals surface area contributed by atoms with Gasteiger partial charge in [-0.05, 0) is 31.2 Å². The maximum Gasteiger partial charge on any atom is 0.182 e. The van der Waals surface area contributed by atoms with Crippen LogP contribution >= 0.6 is 0 Å². The van der Waals surface area contributed by atoms with Gasteiger partial charge in [-0.15, -0.1) is 0 Å². The molecular formula is C13H17NO2S. The molecule has 2 rings (SSSR count). The molecule has 3 nitrogen and oxygen atoms in total. The standard InChI is InChI=1S/C13H17NO2S/c1-14-9-5-6-12(10-14)11-17(15,16)13-7-3-2-4-8-13/h2-4,6-8H,5,9-11H2,1H3. The lowest BCUT2D eigenvalue weighted by molar-refractivity contribution is 0.355. The minimum atomic E-state index is -3.18. The van der Waals surface area contributed by atoms with Gasteiger partial charge in [0.15, 0.2) is 9.84 Å². The summed E-state index contributed by atoms with van der Waals surface area (Å²) in [4.78, 5) is 2.56. The highest BCUT2D eigenvalue weighted by Crippen LogP contribution is 2.16. The van der Waals surface area contributed by atoms with Crippen molar-refractivity contribution in [2.75, 3.05) is 25.9 Å². The van der Waals surface area contributed by atoms with Crippen molar-refractivity contribution in [3.8, 4) is 0 Å². The Balaban J connectivity index is 2.16. The summed E-state index contributed by atoms with van der Waals surface area (Å²) in [5, 5.41) is 0.